The van der Waals surface area contributed by atoms with Gasteiger partial charge in [-0.25, -0.2) is 4.98 Å². The van der Waals surface area contributed by atoms with E-state index in [2.05, 4.69) is 20.7 Å². The lowest BCUT2D eigenvalue weighted by atomic mass is 10.1. The highest BCUT2D eigenvalue weighted by molar-refractivity contribution is 5.99. The molecule has 2 aromatic heterocycles. The Bertz CT molecular complexity index is 1270. The van der Waals surface area contributed by atoms with Gasteiger partial charge in [-0.1, -0.05) is 17.3 Å². The molecule has 8 nitrogen and oxygen atoms in total. The number of carbonyl (C=O) groups excluding carboxylic acids is 1. The Morgan fingerprint density at radius 3 is 2.79 bits per heavy atom. The summed E-state index contributed by atoms with van der Waals surface area (Å²) in [6.45, 7) is 4.94. The third-order valence-corrected chi connectivity index (χ3v) is 5.41. The van der Waals surface area contributed by atoms with Gasteiger partial charge in [0, 0.05) is 29.1 Å². The van der Waals surface area contributed by atoms with Crippen molar-refractivity contribution < 1.29 is 14.3 Å². The van der Waals surface area contributed by atoms with E-state index >= 15 is 0 Å². The number of hydrogen-bond acceptors (Lipinski definition) is 6. The minimum absolute atomic E-state index is 0.136. The summed E-state index contributed by atoms with van der Waals surface area (Å²) in [5, 5.41) is 14.5. The molecule has 0 bridgehead atoms. The molecule has 1 amide bonds. The van der Waals surface area contributed by atoms with E-state index in [1.54, 1.807) is 19.2 Å². The molecule has 0 spiro atoms. The predicted molar refractivity (Wildman–Crippen MR) is 127 cm³/mol. The van der Waals surface area contributed by atoms with Crippen molar-refractivity contribution >= 4 is 16.8 Å². The molecular weight excluding hydrogens is 418 g/mol. The molecule has 0 unspecified atom stereocenters. The Morgan fingerprint density at radius 1 is 1.15 bits per heavy atom. The first-order chi connectivity index (χ1) is 16.1. The number of aromatic amines is 1. The summed E-state index contributed by atoms with van der Waals surface area (Å²) >= 11 is 0. The van der Waals surface area contributed by atoms with Gasteiger partial charge < -0.3 is 14.8 Å². The molecule has 0 aliphatic carbocycles. The van der Waals surface area contributed by atoms with Crippen LogP contribution in [-0.4, -0.2) is 46.6 Å². The summed E-state index contributed by atoms with van der Waals surface area (Å²) in [6, 6.07) is 15.1. The van der Waals surface area contributed by atoms with Crippen LogP contribution in [0.1, 0.15) is 35.1 Å². The summed E-state index contributed by atoms with van der Waals surface area (Å²) in [4.78, 5) is 17.6. The molecule has 8 heteroatoms. The molecule has 0 aliphatic rings. The van der Waals surface area contributed by atoms with E-state index in [1.807, 2.05) is 50.2 Å². The van der Waals surface area contributed by atoms with Crippen LogP contribution < -0.4 is 14.8 Å². The highest BCUT2D eigenvalue weighted by Crippen LogP contribution is 2.32. The number of benzene rings is 2. The van der Waals surface area contributed by atoms with Gasteiger partial charge in [-0.2, -0.15) is 0 Å². The van der Waals surface area contributed by atoms with Crippen LogP contribution in [0.25, 0.3) is 22.2 Å². The van der Waals surface area contributed by atoms with E-state index in [0.29, 0.717) is 24.2 Å². The minimum Gasteiger partial charge on any atom is -0.497 e. The second kappa shape index (κ2) is 10.1. The standard InChI is InChI=1S/C25H27N5O3/c1-4-33-24-15-22(17-7-5-8-19(13-17)32-3)27-23-14-18(10-11-20(23)24)25(31)26-12-6-9-21-16(2)28-30-29-21/h5,7-8,10-11,13-15H,4,6,9,12H2,1-3H3,(H,26,31)(H,28,29,30). The topological polar surface area (TPSA) is 102 Å². The number of aromatic nitrogens is 4. The molecule has 0 saturated heterocycles. The number of aryl methyl sites for hydroxylation is 2. The average molecular weight is 446 g/mol. The maximum absolute atomic E-state index is 12.7. The van der Waals surface area contributed by atoms with Crippen molar-refractivity contribution in [2.24, 2.45) is 0 Å². The second-order valence-electron chi connectivity index (χ2n) is 7.64. The summed E-state index contributed by atoms with van der Waals surface area (Å²) in [5.41, 5.74) is 4.80. The number of rotatable bonds is 9. The van der Waals surface area contributed by atoms with E-state index in [9.17, 15) is 4.79 Å². The Morgan fingerprint density at radius 2 is 2.03 bits per heavy atom. The van der Waals surface area contributed by atoms with Crippen LogP contribution in [0.2, 0.25) is 0 Å². The lowest BCUT2D eigenvalue weighted by Crippen LogP contribution is -2.24. The molecular formula is C25H27N5O3. The lowest BCUT2D eigenvalue weighted by Gasteiger charge is -2.12. The number of hydrogen-bond donors (Lipinski definition) is 2. The van der Waals surface area contributed by atoms with Crippen molar-refractivity contribution in [1.29, 1.82) is 0 Å². The second-order valence-corrected chi connectivity index (χ2v) is 7.64. The van der Waals surface area contributed by atoms with Crippen molar-refractivity contribution in [2.45, 2.75) is 26.7 Å². The number of carbonyl (C=O) groups is 1. The zero-order valence-electron chi connectivity index (χ0n) is 19.0. The van der Waals surface area contributed by atoms with Gasteiger partial charge in [-0.3, -0.25) is 9.89 Å². The minimum atomic E-state index is -0.136. The third-order valence-electron chi connectivity index (χ3n) is 5.41. The van der Waals surface area contributed by atoms with Gasteiger partial charge in [-0.15, -0.1) is 5.10 Å². The van der Waals surface area contributed by atoms with Gasteiger partial charge in [0.05, 0.1) is 36.3 Å². The molecule has 0 radical (unpaired) electrons. The monoisotopic (exact) mass is 445 g/mol. The first-order valence-corrected chi connectivity index (χ1v) is 11.0. The van der Waals surface area contributed by atoms with Crippen LogP contribution in [0.15, 0.2) is 48.5 Å². The Labute approximate surface area is 192 Å². The largest absolute Gasteiger partial charge is 0.497 e. The number of methoxy groups -OCH3 is 1. The fourth-order valence-corrected chi connectivity index (χ4v) is 3.65. The molecule has 4 rings (SSSR count). The molecule has 2 N–H and O–H groups in total. The van der Waals surface area contributed by atoms with Crippen LogP contribution in [0.4, 0.5) is 0 Å². The van der Waals surface area contributed by atoms with Crippen LogP contribution in [0.5, 0.6) is 11.5 Å². The van der Waals surface area contributed by atoms with Crippen molar-refractivity contribution in [3.63, 3.8) is 0 Å². The van der Waals surface area contributed by atoms with E-state index in [4.69, 9.17) is 14.5 Å². The number of ether oxygens (including phenoxy) is 2. The quantitative estimate of drug-likeness (QED) is 0.376. The summed E-state index contributed by atoms with van der Waals surface area (Å²) in [5.74, 6) is 1.35. The van der Waals surface area contributed by atoms with Crippen LogP contribution >= 0.6 is 0 Å². The van der Waals surface area contributed by atoms with E-state index in [-0.39, 0.29) is 5.91 Å². The Balaban J connectivity index is 1.55. The van der Waals surface area contributed by atoms with Crippen LogP contribution in [-0.2, 0) is 6.42 Å². The van der Waals surface area contributed by atoms with Crippen molar-refractivity contribution in [3.8, 4) is 22.8 Å². The Hall–Kier alpha value is -3.94. The normalized spacial score (nSPS) is 10.9. The van der Waals surface area contributed by atoms with Gasteiger partial charge in [-0.05, 0) is 57.0 Å². The fraction of sp³-hybridized carbons (Fsp3) is 0.280. The first-order valence-electron chi connectivity index (χ1n) is 11.0. The molecule has 0 atom stereocenters. The molecule has 33 heavy (non-hydrogen) atoms. The average Bonchev–Trinajstić information content (AvgIpc) is 3.25. The number of pyridine rings is 1. The van der Waals surface area contributed by atoms with Gasteiger partial charge >= 0.3 is 0 Å². The van der Waals surface area contributed by atoms with Gasteiger partial charge in [0.15, 0.2) is 0 Å². The molecule has 0 saturated carbocycles. The number of fused-ring (bicyclic) bond motifs is 1. The highest BCUT2D eigenvalue weighted by Gasteiger charge is 2.13. The molecule has 2 heterocycles. The predicted octanol–water partition coefficient (Wildman–Crippen LogP) is 4.10. The zero-order valence-corrected chi connectivity index (χ0v) is 19.0. The maximum atomic E-state index is 12.7. The van der Waals surface area contributed by atoms with Crippen molar-refractivity contribution in [2.75, 3.05) is 20.3 Å². The van der Waals surface area contributed by atoms with Crippen molar-refractivity contribution in [3.05, 3.63) is 65.5 Å². The molecule has 170 valence electrons. The van der Waals surface area contributed by atoms with Crippen LogP contribution in [0, 0.1) is 6.92 Å². The molecule has 0 fully saturated rings. The lowest BCUT2D eigenvalue weighted by molar-refractivity contribution is 0.0953. The van der Waals surface area contributed by atoms with E-state index in [1.165, 1.54) is 0 Å². The highest BCUT2D eigenvalue weighted by atomic mass is 16.5. The fourth-order valence-electron chi connectivity index (χ4n) is 3.65. The number of nitrogens with one attached hydrogen (secondary N) is 2. The summed E-state index contributed by atoms with van der Waals surface area (Å²) < 4.78 is 11.2. The molecule has 4 aromatic rings. The van der Waals surface area contributed by atoms with Gasteiger partial charge in [0.25, 0.3) is 5.91 Å². The first kappa shape index (κ1) is 22.3. The summed E-state index contributed by atoms with van der Waals surface area (Å²) in [7, 11) is 1.64. The molecule has 0 aliphatic heterocycles. The van der Waals surface area contributed by atoms with E-state index in [0.717, 1.165) is 52.4 Å². The smallest absolute Gasteiger partial charge is 0.251 e. The zero-order chi connectivity index (χ0) is 23.2. The number of nitrogens with zero attached hydrogens (tertiary/aromatic N) is 3. The third kappa shape index (κ3) is 5.11. The molecule has 2 aromatic carbocycles. The summed E-state index contributed by atoms with van der Waals surface area (Å²) in [6.07, 6.45) is 1.57. The number of amides is 1. The van der Waals surface area contributed by atoms with Crippen LogP contribution in [0.3, 0.4) is 0 Å². The van der Waals surface area contributed by atoms with Gasteiger partial charge in [0.1, 0.15) is 11.5 Å². The van der Waals surface area contributed by atoms with Crippen molar-refractivity contribution in [1.82, 2.24) is 25.7 Å². The number of H-pyrrole nitrogens is 1. The van der Waals surface area contributed by atoms with Gasteiger partial charge in [0.2, 0.25) is 0 Å². The Kier molecular flexibility index (Phi) is 6.83. The van der Waals surface area contributed by atoms with E-state index < -0.39 is 0 Å². The SMILES string of the molecule is CCOc1cc(-c2cccc(OC)c2)nc2cc(C(=O)NCCCc3[nH]nnc3C)ccc12. The maximum Gasteiger partial charge on any atom is 0.251 e.